The topological polar surface area (TPSA) is 56.7 Å². The molecule has 0 fully saturated rings. The number of aryl methyl sites for hydroxylation is 1. The Bertz CT molecular complexity index is 492. The van der Waals surface area contributed by atoms with E-state index in [-0.39, 0.29) is 5.92 Å². The van der Waals surface area contributed by atoms with E-state index in [4.69, 9.17) is 5.73 Å². The summed E-state index contributed by atoms with van der Waals surface area (Å²) in [4.78, 5) is 4.30. The maximum Gasteiger partial charge on any atom is 0.138 e. The van der Waals surface area contributed by atoms with E-state index in [0.29, 0.717) is 6.54 Å². The molecule has 2 aromatic rings. The van der Waals surface area contributed by atoms with Crippen LogP contribution in [0.2, 0.25) is 0 Å². The minimum atomic E-state index is 0.285. The SMILES string of the molecule is CCn1ncnc1CC(CN)c1ccc(Br)cc1. The second kappa shape index (κ2) is 6.11. The molecule has 96 valence electrons. The molecule has 1 atom stereocenters. The first-order valence-electron chi connectivity index (χ1n) is 6.06. The Morgan fingerprint density at radius 2 is 2.06 bits per heavy atom. The largest absolute Gasteiger partial charge is 0.330 e. The van der Waals surface area contributed by atoms with Gasteiger partial charge in [-0.25, -0.2) is 4.98 Å². The molecule has 2 rings (SSSR count). The third-order valence-electron chi connectivity index (χ3n) is 3.05. The quantitative estimate of drug-likeness (QED) is 0.922. The highest BCUT2D eigenvalue weighted by molar-refractivity contribution is 9.10. The van der Waals surface area contributed by atoms with Crippen molar-refractivity contribution in [3.63, 3.8) is 0 Å². The van der Waals surface area contributed by atoms with Gasteiger partial charge in [-0.3, -0.25) is 4.68 Å². The lowest BCUT2D eigenvalue weighted by molar-refractivity contribution is 0.576. The minimum absolute atomic E-state index is 0.285. The van der Waals surface area contributed by atoms with Gasteiger partial charge in [-0.2, -0.15) is 5.10 Å². The summed E-state index contributed by atoms with van der Waals surface area (Å²) in [5.41, 5.74) is 7.12. The lowest BCUT2D eigenvalue weighted by atomic mass is 9.95. The van der Waals surface area contributed by atoms with Crippen LogP contribution in [0.1, 0.15) is 24.2 Å². The molecule has 0 aliphatic carbocycles. The zero-order chi connectivity index (χ0) is 13.0. The molecule has 2 N–H and O–H groups in total. The summed E-state index contributed by atoms with van der Waals surface area (Å²) in [6, 6.07) is 8.30. The van der Waals surface area contributed by atoms with Crippen molar-refractivity contribution in [1.29, 1.82) is 0 Å². The monoisotopic (exact) mass is 308 g/mol. The van der Waals surface area contributed by atoms with E-state index in [1.54, 1.807) is 6.33 Å². The van der Waals surface area contributed by atoms with Crippen molar-refractivity contribution in [1.82, 2.24) is 14.8 Å². The van der Waals surface area contributed by atoms with Gasteiger partial charge in [0, 0.05) is 23.4 Å². The average molecular weight is 309 g/mol. The second-order valence-electron chi connectivity index (χ2n) is 4.18. The van der Waals surface area contributed by atoms with Crippen LogP contribution in [0.15, 0.2) is 35.1 Å². The highest BCUT2D eigenvalue weighted by Gasteiger charge is 2.14. The second-order valence-corrected chi connectivity index (χ2v) is 5.10. The fourth-order valence-electron chi connectivity index (χ4n) is 2.00. The van der Waals surface area contributed by atoms with Gasteiger partial charge < -0.3 is 5.73 Å². The van der Waals surface area contributed by atoms with E-state index in [9.17, 15) is 0 Å². The normalized spacial score (nSPS) is 12.6. The molecule has 1 unspecified atom stereocenters. The first-order chi connectivity index (χ1) is 8.74. The molecule has 1 aromatic heterocycles. The highest BCUT2D eigenvalue weighted by Crippen LogP contribution is 2.21. The summed E-state index contributed by atoms with van der Waals surface area (Å²) in [7, 11) is 0. The number of hydrogen-bond acceptors (Lipinski definition) is 3. The Hall–Kier alpha value is -1.20. The lowest BCUT2D eigenvalue weighted by Gasteiger charge is -2.15. The van der Waals surface area contributed by atoms with Gasteiger partial charge in [0.15, 0.2) is 0 Å². The number of nitrogens with two attached hydrogens (primary N) is 1. The van der Waals surface area contributed by atoms with Gasteiger partial charge in [-0.15, -0.1) is 0 Å². The number of rotatable bonds is 5. The summed E-state index contributed by atoms with van der Waals surface area (Å²) in [6.45, 7) is 3.51. The van der Waals surface area contributed by atoms with Crippen molar-refractivity contribution in [3.05, 3.63) is 46.5 Å². The van der Waals surface area contributed by atoms with Gasteiger partial charge in [0.25, 0.3) is 0 Å². The van der Waals surface area contributed by atoms with Crippen LogP contribution in [0.4, 0.5) is 0 Å². The predicted molar refractivity (Wildman–Crippen MR) is 75.3 cm³/mol. The third-order valence-corrected chi connectivity index (χ3v) is 3.58. The van der Waals surface area contributed by atoms with Crippen molar-refractivity contribution in [2.24, 2.45) is 5.73 Å². The van der Waals surface area contributed by atoms with Crippen LogP contribution < -0.4 is 5.73 Å². The summed E-state index contributed by atoms with van der Waals surface area (Å²) in [5.74, 6) is 1.28. The highest BCUT2D eigenvalue weighted by atomic mass is 79.9. The third kappa shape index (κ3) is 2.97. The molecule has 4 nitrogen and oxygen atoms in total. The smallest absolute Gasteiger partial charge is 0.138 e. The number of aromatic nitrogens is 3. The van der Waals surface area contributed by atoms with E-state index in [1.807, 2.05) is 16.8 Å². The van der Waals surface area contributed by atoms with Crippen LogP contribution in [-0.4, -0.2) is 21.3 Å². The molecule has 1 heterocycles. The number of hydrogen-bond donors (Lipinski definition) is 1. The molecular formula is C13H17BrN4. The number of halogens is 1. The zero-order valence-electron chi connectivity index (χ0n) is 10.4. The molecule has 0 spiro atoms. The van der Waals surface area contributed by atoms with Crippen LogP contribution >= 0.6 is 15.9 Å². The Labute approximate surface area is 115 Å². The summed E-state index contributed by atoms with van der Waals surface area (Å²) in [6.07, 6.45) is 2.43. The van der Waals surface area contributed by atoms with E-state index in [2.05, 4.69) is 45.1 Å². The van der Waals surface area contributed by atoms with Gasteiger partial charge >= 0.3 is 0 Å². The van der Waals surface area contributed by atoms with E-state index in [1.165, 1.54) is 5.56 Å². The number of nitrogens with zero attached hydrogens (tertiary/aromatic N) is 3. The molecule has 0 aliphatic rings. The summed E-state index contributed by atoms with van der Waals surface area (Å²) < 4.78 is 3.00. The van der Waals surface area contributed by atoms with Crippen LogP contribution in [-0.2, 0) is 13.0 Å². The van der Waals surface area contributed by atoms with Gasteiger partial charge in [0.1, 0.15) is 12.2 Å². The van der Waals surface area contributed by atoms with E-state index in [0.717, 1.165) is 23.3 Å². The fourth-order valence-corrected chi connectivity index (χ4v) is 2.27. The van der Waals surface area contributed by atoms with E-state index < -0.39 is 0 Å². The Kier molecular flexibility index (Phi) is 4.49. The Morgan fingerprint density at radius 3 is 2.67 bits per heavy atom. The van der Waals surface area contributed by atoms with Gasteiger partial charge in [0.05, 0.1) is 0 Å². The molecule has 0 bridgehead atoms. The van der Waals surface area contributed by atoms with Crippen molar-refractivity contribution in [2.45, 2.75) is 25.8 Å². The van der Waals surface area contributed by atoms with Crippen LogP contribution in [0.3, 0.4) is 0 Å². The first kappa shape index (κ1) is 13.2. The van der Waals surface area contributed by atoms with Crippen molar-refractivity contribution < 1.29 is 0 Å². The standard InChI is InChI=1S/C13H17BrN4/c1-2-18-13(16-9-17-18)7-11(8-15)10-3-5-12(14)6-4-10/h3-6,9,11H,2,7-8,15H2,1H3. The predicted octanol–water partition coefficient (Wildman–Crippen LogP) is 2.35. The summed E-state index contributed by atoms with van der Waals surface area (Å²) in [5, 5.41) is 4.19. The van der Waals surface area contributed by atoms with Crippen molar-refractivity contribution >= 4 is 15.9 Å². The molecular weight excluding hydrogens is 292 g/mol. The molecule has 0 radical (unpaired) electrons. The van der Waals surface area contributed by atoms with Gasteiger partial charge in [-0.1, -0.05) is 28.1 Å². The maximum atomic E-state index is 5.88. The van der Waals surface area contributed by atoms with Crippen molar-refractivity contribution in [3.8, 4) is 0 Å². The molecule has 0 saturated heterocycles. The Balaban J connectivity index is 2.17. The molecule has 0 saturated carbocycles. The molecule has 0 aliphatic heterocycles. The minimum Gasteiger partial charge on any atom is -0.330 e. The van der Waals surface area contributed by atoms with Crippen LogP contribution in [0.5, 0.6) is 0 Å². The first-order valence-corrected chi connectivity index (χ1v) is 6.86. The molecule has 18 heavy (non-hydrogen) atoms. The molecule has 1 aromatic carbocycles. The average Bonchev–Trinajstić information content (AvgIpc) is 2.84. The van der Waals surface area contributed by atoms with Crippen molar-refractivity contribution in [2.75, 3.05) is 6.54 Å². The summed E-state index contributed by atoms with van der Waals surface area (Å²) >= 11 is 3.44. The van der Waals surface area contributed by atoms with Crippen LogP contribution in [0, 0.1) is 0 Å². The fraction of sp³-hybridized carbons (Fsp3) is 0.385. The van der Waals surface area contributed by atoms with E-state index >= 15 is 0 Å². The maximum absolute atomic E-state index is 5.88. The van der Waals surface area contributed by atoms with Gasteiger partial charge in [0.2, 0.25) is 0 Å². The molecule has 5 heteroatoms. The van der Waals surface area contributed by atoms with Crippen LogP contribution in [0.25, 0.3) is 0 Å². The van der Waals surface area contributed by atoms with Gasteiger partial charge in [-0.05, 0) is 31.2 Å². The Morgan fingerprint density at radius 1 is 1.33 bits per heavy atom. The molecule has 0 amide bonds. The zero-order valence-corrected chi connectivity index (χ0v) is 12.0. The lowest BCUT2D eigenvalue weighted by Crippen LogP contribution is -2.17. The number of benzene rings is 1.